The Hall–Kier alpha value is -1.59. The van der Waals surface area contributed by atoms with Crippen LogP contribution in [-0.2, 0) is 9.53 Å². The second kappa shape index (κ2) is 7.97. The lowest BCUT2D eigenvalue weighted by Crippen LogP contribution is -2.44. The van der Waals surface area contributed by atoms with E-state index in [0.29, 0.717) is 24.6 Å². The first-order valence-corrected chi connectivity index (χ1v) is 10.2. The first-order valence-electron chi connectivity index (χ1n) is 10.2. The predicted octanol–water partition coefficient (Wildman–Crippen LogP) is 2.94. The van der Waals surface area contributed by atoms with Gasteiger partial charge in [-0.25, -0.2) is 0 Å². The molecule has 0 aromatic heterocycles. The van der Waals surface area contributed by atoms with Crippen LogP contribution in [0.5, 0.6) is 0 Å². The van der Waals surface area contributed by atoms with Gasteiger partial charge in [0, 0.05) is 56.1 Å². The molecule has 0 spiro atoms. The summed E-state index contributed by atoms with van der Waals surface area (Å²) in [5.41, 5.74) is 2.31. The molecule has 0 aliphatic carbocycles. The highest BCUT2D eigenvalue weighted by Gasteiger charge is 2.29. The molecular weight excluding hydrogens is 326 g/mol. The molecule has 0 unspecified atom stereocenters. The van der Waals surface area contributed by atoms with Crippen LogP contribution in [0, 0.1) is 0 Å². The van der Waals surface area contributed by atoms with Gasteiger partial charge in [-0.05, 0) is 63.3 Å². The SMILES string of the molecule is C[C@H]1CCC(=O)N1c1ccc(N2CCC(NC[C@H]3CCCO3)CC2)cc1. The summed E-state index contributed by atoms with van der Waals surface area (Å²) in [6.07, 6.45) is 6.84. The number of anilines is 2. The summed E-state index contributed by atoms with van der Waals surface area (Å²) in [6, 6.07) is 9.49. The van der Waals surface area contributed by atoms with Gasteiger partial charge in [0.15, 0.2) is 0 Å². The van der Waals surface area contributed by atoms with Gasteiger partial charge in [-0.1, -0.05) is 0 Å². The Morgan fingerprint density at radius 1 is 1.08 bits per heavy atom. The summed E-state index contributed by atoms with van der Waals surface area (Å²) in [5.74, 6) is 0.253. The average Bonchev–Trinajstić information content (AvgIpc) is 3.31. The molecule has 0 radical (unpaired) electrons. The van der Waals surface area contributed by atoms with Gasteiger partial charge >= 0.3 is 0 Å². The van der Waals surface area contributed by atoms with Crippen molar-refractivity contribution in [3.8, 4) is 0 Å². The summed E-state index contributed by atoms with van der Waals surface area (Å²) in [4.78, 5) is 16.5. The lowest BCUT2D eigenvalue weighted by molar-refractivity contribution is -0.117. The number of carbonyl (C=O) groups excluding carboxylic acids is 1. The van der Waals surface area contributed by atoms with E-state index in [-0.39, 0.29) is 5.91 Å². The first kappa shape index (κ1) is 17.8. The molecule has 0 saturated carbocycles. The lowest BCUT2D eigenvalue weighted by Gasteiger charge is -2.34. The molecule has 1 aromatic carbocycles. The van der Waals surface area contributed by atoms with E-state index < -0.39 is 0 Å². The average molecular weight is 357 g/mol. The predicted molar refractivity (Wildman–Crippen MR) is 105 cm³/mol. The fourth-order valence-electron chi connectivity index (χ4n) is 4.50. The topological polar surface area (TPSA) is 44.8 Å². The van der Waals surface area contributed by atoms with Gasteiger partial charge in [-0.2, -0.15) is 0 Å². The van der Waals surface area contributed by atoms with Crippen molar-refractivity contribution in [3.05, 3.63) is 24.3 Å². The van der Waals surface area contributed by atoms with Crippen molar-refractivity contribution in [1.29, 1.82) is 0 Å². The molecule has 5 heteroatoms. The maximum absolute atomic E-state index is 12.1. The van der Waals surface area contributed by atoms with Crippen LogP contribution in [-0.4, -0.2) is 50.3 Å². The van der Waals surface area contributed by atoms with Gasteiger partial charge in [-0.3, -0.25) is 4.79 Å². The van der Waals surface area contributed by atoms with Crippen LogP contribution < -0.4 is 15.1 Å². The number of hydrogen-bond acceptors (Lipinski definition) is 4. The van der Waals surface area contributed by atoms with Crippen molar-refractivity contribution in [2.75, 3.05) is 36.0 Å². The molecule has 3 aliphatic heterocycles. The Labute approximate surface area is 156 Å². The van der Waals surface area contributed by atoms with Crippen molar-refractivity contribution in [1.82, 2.24) is 5.32 Å². The minimum absolute atomic E-state index is 0.253. The molecule has 1 amide bonds. The molecule has 1 aromatic rings. The zero-order chi connectivity index (χ0) is 17.9. The van der Waals surface area contributed by atoms with Crippen molar-refractivity contribution < 1.29 is 9.53 Å². The molecular formula is C21H31N3O2. The maximum atomic E-state index is 12.1. The van der Waals surface area contributed by atoms with E-state index in [1.54, 1.807) is 0 Å². The maximum Gasteiger partial charge on any atom is 0.227 e. The normalized spacial score (nSPS) is 27.5. The zero-order valence-electron chi connectivity index (χ0n) is 15.8. The highest BCUT2D eigenvalue weighted by molar-refractivity contribution is 5.96. The summed E-state index contributed by atoms with van der Waals surface area (Å²) < 4.78 is 5.70. The largest absolute Gasteiger partial charge is 0.377 e. The summed E-state index contributed by atoms with van der Waals surface area (Å²) in [6.45, 7) is 6.24. The first-order chi connectivity index (χ1) is 12.7. The molecule has 1 N–H and O–H groups in total. The van der Waals surface area contributed by atoms with E-state index in [1.807, 2.05) is 4.90 Å². The molecule has 3 saturated heterocycles. The molecule has 0 bridgehead atoms. The third-order valence-corrected chi connectivity index (χ3v) is 6.13. The number of nitrogens with zero attached hydrogens (tertiary/aromatic N) is 2. The summed E-state index contributed by atoms with van der Waals surface area (Å²) in [7, 11) is 0. The standard InChI is InChI=1S/C21H31N3O2/c1-16-4-9-21(25)24(16)19-7-5-18(6-8-19)23-12-10-17(11-13-23)22-15-20-3-2-14-26-20/h5-8,16-17,20,22H,2-4,9-15H2,1H3/t16-,20+/m0/s1. The van der Waals surface area contributed by atoms with Crippen LogP contribution in [0.1, 0.15) is 45.4 Å². The van der Waals surface area contributed by atoms with Gasteiger partial charge in [-0.15, -0.1) is 0 Å². The third-order valence-electron chi connectivity index (χ3n) is 6.13. The summed E-state index contributed by atoms with van der Waals surface area (Å²) >= 11 is 0. The number of nitrogens with one attached hydrogen (secondary N) is 1. The molecule has 3 heterocycles. The molecule has 3 aliphatic rings. The number of hydrogen-bond donors (Lipinski definition) is 1. The molecule has 2 atom stereocenters. The van der Waals surface area contributed by atoms with Crippen molar-refractivity contribution in [2.24, 2.45) is 0 Å². The zero-order valence-corrected chi connectivity index (χ0v) is 15.8. The Balaban J connectivity index is 1.28. The van der Waals surface area contributed by atoms with E-state index in [1.165, 1.54) is 31.4 Å². The Morgan fingerprint density at radius 2 is 1.81 bits per heavy atom. The van der Waals surface area contributed by atoms with Crippen molar-refractivity contribution >= 4 is 17.3 Å². The number of piperidine rings is 1. The monoisotopic (exact) mass is 357 g/mol. The highest BCUT2D eigenvalue weighted by Crippen LogP contribution is 2.29. The number of rotatable bonds is 5. The third kappa shape index (κ3) is 3.89. The number of carbonyl (C=O) groups is 1. The molecule has 26 heavy (non-hydrogen) atoms. The van der Waals surface area contributed by atoms with Gasteiger partial charge in [0.25, 0.3) is 0 Å². The quantitative estimate of drug-likeness (QED) is 0.880. The van der Waals surface area contributed by atoms with E-state index in [2.05, 4.69) is 41.4 Å². The fourth-order valence-corrected chi connectivity index (χ4v) is 4.50. The van der Waals surface area contributed by atoms with Crippen LogP contribution >= 0.6 is 0 Å². The van der Waals surface area contributed by atoms with Crippen LogP contribution in [0.25, 0.3) is 0 Å². The van der Waals surface area contributed by atoms with E-state index in [4.69, 9.17) is 4.74 Å². The van der Waals surface area contributed by atoms with Gasteiger partial charge < -0.3 is 19.9 Å². The Kier molecular flexibility index (Phi) is 5.46. The van der Waals surface area contributed by atoms with E-state index in [0.717, 1.165) is 38.3 Å². The van der Waals surface area contributed by atoms with Crippen LogP contribution in [0.2, 0.25) is 0 Å². The minimum atomic E-state index is 0.253. The Morgan fingerprint density at radius 3 is 2.42 bits per heavy atom. The second-order valence-electron chi connectivity index (χ2n) is 7.97. The van der Waals surface area contributed by atoms with E-state index in [9.17, 15) is 4.79 Å². The second-order valence-corrected chi connectivity index (χ2v) is 7.97. The number of benzene rings is 1. The highest BCUT2D eigenvalue weighted by atomic mass is 16.5. The van der Waals surface area contributed by atoms with Gasteiger partial charge in [0.2, 0.25) is 5.91 Å². The molecule has 3 fully saturated rings. The fraction of sp³-hybridized carbons (Fsp3) is 0.667. The summed E-state index contributed by atoms with van der Waals surface area (Å²) in [5, 5.41) is 3.70. The Bertz CT molecular complexity index is 604. The van der Waals surface area contributed by atoms with Crippen LogP contribution in [0.15, 0.2) is 24.3 Å². The molecule has 142 valence electrons. The number of ether oxygens (including phenoxy) is 1. The molecule has 5 nitrogen and oxygen atoms in total. The van der Waals surface area contributed by atoms with Crippen LogP contribution in [0.4, 0.5) is 11.4 Å². The lowest BCUT2D eigenvalue weighted by atomic mass is 10.0. The smallest absolute Gasteiger partial charge is 0.227 e. The van der Waals surface area contributed by atoms with E-state index >= 15 is 0 Å². The molecule has 4 rings (SSSR count). The van der Waals surface area contributed by atoms with Crippen LogP contribution in [0.3, 0.4) is 0 Å². The van der Waals surface area contributed by atoms with Gasteiger partial charge in [0.1, 0.15) is 0 Å². The number of amides is 1. The van der Waals surface area contributed by atoms with Crippen molar-refractivity contribution in [2.45, 2.75) is 63.6 Å². The van der Waals surface area contributed by atoms with Crippen molar-refractivity contribution in [3.63, 3.8) is 0 Å². The minimum Gasteiger partial charge on any atom is -0.377 e. The van der Waals surface area contributed by atoms with Gasteiger partial charge in [0.05, 0.1) is 6.10 Å².